The van der Waals surface area contributed by atoms with Gasteiger partial charge in [0.25, 0.3) is 0 Å². The fourth-order valence-electron chi connectivity index (χ4n) is 2.07. The van der Waals surface area contributed by atoms with Crippen molar-refractivity contribution in [3.8, 4) is 11.3 Å². The number of aromatic nitrogens is 1. The third-order valence-electron chi connectivity index (χ3n) is 3.12. The first-order valence-corrected chi connectivity index (χ1v) is 9.63. The zero-order valence-electron chi connectivity index (χ0n) is 11.0. The van der Waals surface area contributed by atoms with Crippen LogP contribution < -0.4 is 0 Å². The molecule has 1 atom stereocenters. The first-order valence-electron chi connectivity index (χ1n) is 6.55. The van der Waals surface area contributed by atoms with Crippen molar-refractivity contribution in [2.24, 2.45) is 0 Å². The third kappa shape index (κ3) is 3.45. The monoisotopic (exact) mass is 321 g/mol. The first kappa shape index (κ1) is 14.2. The fourth-order valence-corrected chi connectivity index (χ4v) is 5.53. The zero-order chi connectivity index (χ0) is 13.8. The minimum absolute atomic E-state index is 0.165. The Bertz CT molecular complexity index is 576. The van der Waals surface area contributed by atoms with Crippen molar-refractivity contribution in [3.05, 3.63) is 40.7 Å². The number of hydrogen-bond donors (Lipinski definition) is 0. The lowest BCUT2D eigenvalue weighted by atomic mass is 10.2. The maximum atomic E-state index is 12.2. The summed E-state index contributed by atoms with van der Waals surface area (Å²) in [7, 11) is 0. The number of carbonyl (C=O) groups excluding carboxylic acids is 1. The van der Waals surface area contributed by atoms with Crippen LogP contribution in [0.2, 0.25) is 0 Å². The molecule has 2 heterocycles. The van der Waals surface area contributed by atoms with E-state index in [1.807, 2.05) is 47.5 Å². The molecule has 2 aromatic rings. The van der Waals surface area contributed by atoms with Crippen LogP contribution in [0.1, 0.15) is 5.01 Å². The average Bonchev–Trinajstić information content (AvgIpc) is 2.97. The molecule has 20 heavy (non-hydrogen) atoms. The molecule has 0 aliphatic carbocycles. The van der Waals surface area contributed by atoms with Gasteiger partial charge in [0.15, 0.2) is 5.78 Å². The Balaban J connectivity index is 1.66. The normalized spacial score (nSPS) is 18.9. The van der Waals surface area contributed by atoms with Crippen molar-refractivity contribution in [2.45, 2.75) is 11.7 Å². The lowest BCUT2D eigenvalue weighted by Crippen LogP contribution is -2.25. The first-order chi connectivity index (χ1) is 9.83. The van der Waals surface area contributed by atoms with Gasteiger partial charge in [-0.25, -0.2) is 4.98 Å². The molecule has 1 fully saturated rings. The summed E-state index contributed by atoms with van der Waals surface area (Å²) in [5, 5.41) is 3.14. The van der Waals surface area contributed by atoms with E-state index in [2.05, 4.69) is 4.98 Å². The molecule has 5 heteroatoms. The van der Waals surface area contributed by atoms with Crippen LogP contribution in [0.5, 0.6) is 0 Å². The lowest BCUT2D eigenvalue weighted by Gasteiger charge is -2.18. The predicted octanol–water partition coefficient (Wildman–Crippen LogP) is 3.77. The summed E-state index contributed by atoms with van der Waals surface area (Å²) in [6.07, 6.45) is 0.482. The van der Waals surface area contributed by atoms with E-state index in [-0.39, 0.29) is 5.25 Å². The molecule has 1 aliphatic heterocycles. The highest BCUT2D eigenvalue weighted by Gasteiger charge is 2.23. The molecule has 1 aromatic carbocycles. The van der Waals surface area contributed by atoms with Crippen molar-refractivity contribution >= 4 is 40.6 Å². The van der Waals surface area contributed by atoms with Crippen LogP contribution in [-0.2, 0) is 11.2 Å². The van der Waals surface area contributed by atoms with Gasteiger partial charge in [0.1, 0.15) is 5.01 Å². The number of nitrogens with zero attached hydrogens (tertiary/aromatic N) is 1. The summed E-state index contributed by atoms with van der Waals surface area (Å²) in [5.74, 6) is 3.55. The Morgan fingerprint density at radius 3 is 2.85 bits per heavy atom. The number of rotatable bonds is 4. The highest BCUT2D eigenvalue weighted by Crippen LogP contribution is 2.27. The molecule has 104 valence electrons. The van der Waals surface area contributed by atoms with Gasteiger partial charge < -0.3 is 0 Å². The molecule has 1 unspecified atom stereocenters. The lowest BCUT2D eigenvalue weighted by molar-refractivity contribution is -0.117. The van der Waals surface area contributed by atoms with Crippen LogP contribution >= 0.6 is 34.9 Å². The molecular weight excluding hydrogens is 306 g/mol. The maximum absolute atomic E-state index is 12.2. The third-order valence-corrected chi connectivity index (χ3v) is 6.77. The Hall–Kier alpha value is -0.780. The second-order valence-electron chi connectivity index (χ2n) is 4.57. The van der Waals surface area contributed by atoms with E-state index in [0.717, 1.165) is 27.8 Å². The Morgan fingerprint density at radius 2 is 2.10 bits per heavy atom. The molecule has 3 rings (SSSR count). The molecule has 0 bridgehead atoms. The average molecular weight is 321 g/mol. The summed E-state index contributed by atoms with van der Waals surface area (Å²) in [5.41, 5.74) is 2.09. The minimum Gasteiger partial charge on any atom is -0.298 e. The summed E-state index contributed by atoms with van der Waals surface area (Å²) in [6.45, 7) is 0. The van der Waals surface area contributed by atoms with E-state index in [0.29, 0.717) is 12.2 Å². The van der Waals surface area contributed by atoms with Crippen LogP contribution in [0, 0.1) is 0 Å². The Kier molecular flexibility index (Phi) is 4.81. The van der Waals surface area contributed by atoms with Gasteiger partial charge >= 0.3 is 0 Å². The quantitative estimate of drug-likeness (QED) is 0.857. The molecule has 0 saturated carbocycles. The molecular formula is C15H15NOS3. The number of hydrogen-bond acceptors (Lipinski definition) is 5. The fraction of sp³-hybridized carbons (Fsp3) is 0.333. The zero-order valence-corrected chi connectivity index (χ0v) is 13.4. The number of ketones is 1. The maximum Gasteiger partial charge on any atom is 0.153 e. The number of Topliss-reactive ketones (excluding diaryl/α,β-unsaturated/α-hetero) is 1. The Morgan fingerprint density at radius 1 is 1.25 bits per heavy atom. The number of thiazole rings is 1. The summed E-state index contributed by atoms with van der Waals surface area (Å²) >= 11 is 5.27. The molecule has 1 aliphatic rings. The molecule has 0 spiro atoms. The number of thioether (sulfide) groups is 2. The van der Waals surface area contributed by atoms with Crippen molar-refractivity contribution in [1.82, 2.24) is 4.98 Å². The topological polar surface area (TPSA) is 30.0 Å². The minimum atomic E-state index is 0.165. The van der Waals surface area contributed by atoms with Crippen molar-refractivity contribution in [3.63, 3.8) is 0 Å². The van der Waals surface area contributed by atoms with Crippen LogP contribution in [0.15, 0.2) is 35.7 Å². The molecule has 0 amide bonds. The van der Waals surface area contributed by atoms with Gasteiger partial charge in [0.05, 0.1) is 17.4 Å². The van der Waals surface area contributed by atoms with E-state index in [1.165, 1.54) is 5.75 Å². The van der Waals surface area contributed by atoms with Gasteiger partial charge in [-0.1, -0.05) is 30.3 Å². The van der Waals surface area contributed by atoms with Gasteiger partial charge in [-0.15, -0.1) is 23.1 Å². The van der Waals surface area contributed by atoms with E-state index in [4.69, 9.17) is 0 Å². The van der Waals surface area contributed by atoms with Gasteiger partial charge in [-0.2, -0.15) is 11.8 Å². The van der Waals surface area contributed by atoms with Gasteiger partial charge in [-0.3, -0.25) is 4.79 Å². The molecule has 2 nitrogen and oxygen atoms in total. The standard InChI is InChI=1S/C15H15NOS3/c17-13(14-10-18-6-7-19-14)8-15-16-12(9-20-15)11-4-2-1-3-5-11/h1-5,9,14H,6-8,10H2. The summed E-state index contributed by atoms with van der Waals surface area (Å²) in [4.78, 5) is 16.8. The number of benzene rings is 1. The van der Waals surface area contributed by atoms with Crippen molar-refractivity contribution in [2.75, 3.05) is 17.3 Å². The molecule has 1 aromatic heterocycles. The van der Waals surface area contributed by atoms with Crippen LogP contribution in [0.4, 0.5) is 0 Å². The molecule has 0 radical (unpaired) electrons. The smallest absolute Gasteiger partial charge is 0.153 e. The van der Waals surface area contributed by atoms with Crippen LogP contribution in [-0.4, -0.2) is 33.3 Å². The van der Waals surface area contributed by atoms with E-state index >= 15 is 0 Å². The van der Waals surface area contributed by atoms with Gasteiger partial charge in [-0.05, 0) is 0 Å². The van der Waals surface area contributed by atoms with Gasteiger partial charge in [0, 0.05) is 28.2 Å². The number of carbonyl (C=O) groups is 1. The second-order valence-corrected chi connectivity index (χ2v) is 7.97. The molecule has 0 N–H and O–H groups in total. The van der Waals surface area contributed by atoms with Crippen LogP contribution in [0.3, 0.4) is 0 Å². The highest BCUT2D eigenvalue weighted by atomic mass is 32.2. The SMILES string of the molecule is O=C(Cc1nc(-c2ccccc2)cs1)C1CSCCS1. The van der Waals surface area contributed by atoms with E-state index < -0.39 is 0 Å². The second kappa shape index (κ2) is 6.78. The largest absolute Gasteiger partial charge is 0.298 e. The highest BCUT2D eigenvalue weighted by molar-refractivity contribution is 8.07. The Labute approximate surface area is 131 Å². The summed E-state index contributed by atoms with van der Waals surface area (Å²) < 4.78 is 0. The van der Waals surface area contributed by atoms with Gasteiger partial charge in [0.2, 0.25) is 0 Å². The van der Waals surface area contributed by atoms with E-state index in [9.17, 15) is 4.79 Å². The summed E-state index contributed by atoms with van der Waals surface area (Å²) in [6, 6.07) is 10.1. The predicted molar refractivity (Wildman–Crippen MR) is 89.8 cm³/mol. The van der Waals surface area contributed by atoms with Crippen molar-refractivity contribution in [1.29, 1.82) is 0 Å². The van der Waals surface area contributed by atoms with E-state index in [1.54, 1.807) is 23.1 Å². The van der Waals surface area contributed by atoms with Crippen molar-refractivity contribution < 1.29 is 4.79 Å². The van der Waals surface area contributed by atoms with Crippen LogP contribution in [0.25, 0.3) is 11.3 Å². The molecule has 1 saturated heterocycles.